The zero-order chi connectivity index (χ0) is 34.2. The Kier molecular flexibility index (Phi) is 6.17. The van der Waals surface area contributed by atoms with E-state index in [-0.39, 0.29) is 0 Å². The van der Waals surface area contributed by atoms with E-state index in [4.69, 9.17) is 6.57 Å². The van der Waals surface area contributed by atoms with E-state index in [1.807, 2.05) is 54.6 Å². The van der Waals surface area contributed by atoms with Crippen LogP contribution in [0.4, 0.5) is 5.69 Å². The summed E-state index contributed by atoms with van der Waals surface area (Å²) in [6, 6.07) is 51.8. The van der Waals surface area contributed by atoms with Gasteiger partial charge in [0.15, 0.2) is 0 Å². The lowest BCUT2D eigenvalue weighted by Crippen LogP contribution is -2.03. The molecule has 0 N–H and O–H groups in total. The van der Waals surface area contributed by atoms with Gasteiger partial charge in [-0.2, -0.15) is 10.5 Å². The van der Waals surface area contributed by atoms with E-state index in [2.05, 4.69) is 105 Å². The predicted molar refractivity (Wildman–Crippen MR) is 209 cm³/mol. The largest absolute Gasteiger partial charge is 0.318 e. The Hall–Kier alpha value is -7.17. The summed E-state index contributed by atoms with van der Waals surface area (Å²) in [6.45, 7) is 8.31. The fourth-order valence-electron chi connectivity index (χ4n) is 7.94. The minimum atomic E-state index is 0.342. The number of thiophene rings is 1. The first-order valence-corrected chi connectivity index (χ1v) is 17.3. The van der Waals surface area contributed by atoms with Crippen LogP contribution in [0.15, 0.2) is 140 Å². The number of nitrogens with zero attached hydrogens (tertiary/aromatic N) is 5. The second-order valence-corrected chi connectivity index (χ2v) is 13.6. The maximum Gasteiger partial charge on any atom is 0.212 e. The summed E-state index contributed by atoms with van der Waals surface area (Å²) in [7, 11) is 0. The van der Waals surface area contributed by atoms with Gasteiger partial charge in [-0.3, -0.25) is 0 Å². The number of nitriles is 2. The minimum Gasteiger partial charge on any atom is -0.318 e. The number of hydrogen-bond donors (Lipinski definition) is 0. The summed E-state index contributed by atoms with van der Waals surface area (Å²) in [5.41, 5.74) is 7.75. The molecule has 0 spiro atoms. The minimum absolute atomic E-state index is 0.342. The van der Waals surface area contributed by atoms with Crippen molar-refractivity contribution in [1.82, 2.24) is 9.13 Å². The van der Waals surface area contributed by atoms with Crippen LogP contribution in [0.3, 0.4) is 0 Å². The number of rotatable bonds is 3. The summed E-state index contributed by atoms with van der Waals surface area (Å²) in [5.74, 6) is 0. The molecule has 0 bridgehead atoms. The Morgan fingerprint density at radius 1 is 0.549 bits per heavy atom. The monoisotopic (exact) mass is 665 g/mol. The van der Waals surface area contributed by atoms with Crippen molar-refractivity contribution >= 4 is 80.8 Å². The fourth-order valence-corrected chi connectivity index (χ4v) is 9.19. The highest BCUT2D eigenvalue weighted by Crippen LogP contribution is 2.46. The number of para-hydroxylation sites is 3. The van der Waals surface area contributed by atoms with Crippen molar-refractivity contribution in [2.24, 2.45) is 0 Å². The summed E-state index contributed by atoms with van der Waals surface area (Å²) in [5, 5.41) is 28.1. The molecule has 0 unspecified atom stereocenters. The van der Waals surface area contributed by atoms with Crippen LogP contribution in [-0.4, -0.2) is 9.13 Å². The quantitative estimate of drug-likeness (QED) is 0.176. The molecule has 0 saturated heterocycles. The van der Waals surface area contributed by atoms with Crippen LogP contribution >= 0.6 is 11.3 Å². The van der Waals surface area contributed by atoms with Gasteiger partial charge in [-0.05, 0) is 54.1 Å². The van der Waals surface area contributed by atoms with Crippen LogP contribution < -0.4 is 0 Å². The number of aromatic nitrogens is 2. The first-order valence-electron chi connectivity index (χ1n) is 16.5. The molecule has 10 aromatic rings. The van der Waals surface area contributed by atoms with Crippen LogP contribution in [-0.2, 0) is 0 Å². The second kappa shape index (κ2) is 10.9. The van der Waals surface area contributed by atoms with Crippen LogP contribution in [0.1, 0.15) is 11.1 Å². The highest BCUT2D eigenvalue weighted by molar-refractivity contribution is 7.26. The van der Waals surface area contributed by atoms with Gasteiger partial charge in [0.1, 0.15) is 6.07 Å². The van der Waals surface area contributed by atoms with E-state index >= 15 is 0 Å². The summed E-state index contributed by atoms with van der Waals surface area (Å²) >= 11 is 1.79. The molecule has 10 rings (SSSR count). The predicted octanol–water partition coefficient (Wildman–Crippen LogP) is 12.2. The number of fused-ring (bicyclic) bond motifs is 10. The fraction of sp³-hybridized carbons (Fsp3) is 0. The number of hydrogen-bond acceptors (Lipinski definition) is 3. The molecule has 3 aromatic heterocycles. The van der Waals surface area contributed by atoms with Crippen molar-refractivity contribution in [3.05, 3.63) is 162 Å². The zero-order valence-corrected chi connectivity index (χ0v) is 27.7. The number of benzene rings is 7. The van der Waals surface area contributed by atoms with Gasteiger partial charge in [-0.25, -0.2) is 4.85 Å². The van der Waals surface area contributed by atoms with Crippen molar-refractivity contribution < 1.29 is 0 Å². The van der Waals surface area contributed by atoms with Crippen molar-refractivity contribution in [2.45, 2.75) is 0 Å². The van der Waals surface area contributed by atoms with Crippen LogP contribution in [0, 0.1) is 29.2 Å². The topological polar surface area (TPSA) is 61.8 Å². The lowest BCUT2D eigenvalue weighted by molar-refractivity contribution is 1.16. The van der Waals surface area contributed by atoms with Crippen LogP contribution in [0.2, 0.25) is 0 Å². The van der Waals surface area contributed by atoms with Gasteiger partial charge in [-0.1, -0.05) is 91.0 Å². The molecule has 0 aliphatic carbocycles. The molecule has 7 aromatic carbocycles. The van der Waals surface area contributed by atoms with Gasteiger partial charge in [0, 0.05) is 52.8 Å². The smallest absolute Gasteiger partial charge is 0.212 e. The molecule has 0 radical (unpaired) electrons. The highest BCUT2D eigenvalue weighted by atomic mass is 32.1. The third-order valence-corrected chi connectivity index (χ3v) is 11.2. The van der Waals surface area contributed by atoms with Crippen LogP contribution in [0.5, 0.6) is 0 Å². The Morgan fingerprint density at radius 2 is 1.20 bits per heavy atom. The molecule has 0 amide bonds. The van der Waals surface area contributed by atoms with Crippen molar-refractivity contribution in [3.8, 4) is 34.6 Å². The maximum atomic E-state index is 11.1. The molecule has 0 fully saturated rings. The summed E-state index contributed by atoms with van der Waals surface area (Å²) in [4.78, 5) is 3.98. The average Bonchev–Trinajstić information content (AvgIpc) is 3.84. The van der Waals surface area contributed by atoms with E-state index in [9.17, 15) is 10.5 Å². The van der Waals surface area contributed by atoms with Gasteiger partial charge in [0.25, 0.3) is 0 Å². The van der Waals surface area contributed by atoms with Gasteiger partial charge >= 0.3 is 0 Å². The average molecular weight is 666 g/mol. The van der Waals surface area contributed by atoms with Gasteiger partial charge in [0.2, 0.25) is 5.69 Å². The molecule has 0 atom stereocenters. The molecule has 51 heavy (non-hydrogen) atoms. The van der Waals surface area contributed by atoms with Crippen LogP contribution in [0.25, 0.3) is 91.1 Å². The van der Waals surface area contributed by atoms with E-state index < -0.39 is 0 Å². The van der Waals surface area contributed by atoms with E-state index in [0.29, 0.717) is 33.6 Å². The van der Waals surface area contributed by atoms with E-state index in [0.717, 1.165) is 49.3 Å². The lowest BCUT2D eigenvalue weighted by atomic mass is 9.94. The standard InChI is InChI=1S/C45H23N5S/c1-48-36-24-27(25-46)23-34(44(36)50-37-16-6-2-11-29(37)30-12-3-7-17-38(30)50)28-15-10-19-40(35(28)26-47)49-39-18-8-4-14-33(39)43-41(49)22-21-32-31-13-5-9-20-42(31)51-45(32)43/h2-24H. The molecular weight excluding hydrogens is 643 g/mol. The van der Waals surface area contributed by atoms with Gasteiger partial charge in [0.05, 0.1) is 51.6 Å². The lowest BCUT2D eigenvalue weighted by Gasteiger charge is -2.19. The Balaban J connectivity index is 1.32. The molecule has 3 heterocycles. The van der Waals surface area contributed by atoms with Gasteiger partial charge < -0.3 is 9.13 Å². The summed E-state index contributed by atoms with van der Waals surface area (Å²) < 4.78 is 6.76. The van der Waals surface area contributed by atoms with E-state index in [1.165, 1.54) is 20.2 Å². The molecule has 6 heteroatoms. The molecular formula is C45H23N5S. The van der Waals surface area contributed by atoms with Crippen molar-refractivity contribution in [3.63, 3.8) is 0 Å². The Labute approximate surface area is 296 Å². The third kappa shape index (κ3) is 3.99. The Morgan fingerprint density at radius 3 is 1.88 bits per heavy atom. The van der Waals surface area contributed by atoms with Gasteiger partial charge in [-0.15, -0.1) is 11.3 Å². The SMILES string of the molecule is [C-]#[N+]c1cc(C#N)cc(-c2cccc(-n3c4ccccc4c4c5sc6ccccc6c5ccc43)c2C#N)c1-n1c2ccccc2c2ccccc21. The van der Waals surface area contributed by atoms with Crippen molar-refractivity contribution in [2.75, 3.05) is 0 Å². The Bertz CT molecular complexity index is 3190. The van der Waals surface area contributed by atoms with E-state index in [1.54, 1.807) is 17.4 Å². The third-order valence-electron chi connectivity index (χ3n) is 10.0. The molecule has 0 aliphatic rings. The molecule has 0 aliphatic heterocycles. The normalized spacial score (nSPS) is 11.5. The first kappa shape index (κ1) is 28.8. The summed E-state index contributed by atoms with van der Waals surface area (Å²) in [6.07, 6.45) is 0. The second-order valence-electron chi connectivity index (χ2n) is 12.6. The molecule has 5 nitrogen and oxygen atoms in total. The molecule has 0 saturated carbocycles. The van der Waals surface area contributed by atoms with Crippen molar-refractivity contribution in [1.29, 1.82) is 10.5 Å². The molecule has 234 valence electrons. The first-order chi connectivity index (χ1) is 25.2. The zero-order valence-electron chi connectivity index (χ0n) is 26.9. The highest BCUT2D eigenvalue weighted by Gasteiger charge is 2.24. The maximum absolute atomic E-state index is 11.1.